The van der Waals surface area contributed by atoms with E-state index in [0.717, 1.165) is 16.7 Å². The molecule has 0 saturated carbocycles. The number of benzene rings is 2. The molecule has 1 aliphatic heterocycles. The molecular formula is C26H30N2O4. The van der Waals surface area contributed by atoms with Crippen molar-refractivity contribution in [3.63, 3.8) is 0 Å². The summed E-state index contributed by atoms with van der Waals surface area (Å²) in [5.74, 6) is -0.957. The number of esters is 1. The van der Waals surface area contributed by atoms with Crippen LogP contribution in [-0.4, -0.2) is 34.3 Å². The standard InChI is InChI=1S/C26H30N2O4/c1-18(29)28-15-14-20-12-8-9-13-21(20)23(28)17-24(30)27-22(25(31)32-26(2,3)4)16-19-10-6-5-7-11-19/h5-15,22-23H,16-17H2,1-4H3,(H,27,30). The van der Waals surface area contributed by atoms with Crippen molar-refractivity contribution in [1.82, 2.24) is 10.2 Å². The average molecular weight is 435 g/mol. The number of nitrogens with one attached hydrogen (secondary N) is 1. The third-order valence-corrected chi connectivity index (χ3v) is 5.16. The summed E-state index contributed by atoms with van der Waals surface area (Å²) in [7, 11) is 0. The second-order valence-corrected chi connectivity index (χ2v) is 8.93. The van der Waals surface area contributed by atoms with Gasteiger partial charge in [-0.25, -0.2) is 4.79 Å². The summed E-state index contributed by atoms with van der Waals surface area (Å²) in [5, 5.41) is 2.85. The van der Waals surface area contributed by atoms with Gasteiger partial charge in [-0.05, 0) is 43.5 Å². The molecule has 0 radical (unpaired) electrons. The molecule has 168 valence electrons. The molecule has 1 aliphatic rings. The van der Waals surface area contributed by atoms with E-state index in [1.807, 2.05) is 60.7 Å². The third kappa shape index (κ3) is 6.06. The maximum absolute atomic E-state index is 13.1. The van der Waals surface area contributed by atoms with E-state index >= 15 is 0 Å². The van der Waals surface area contributed by atoms with Gasteiger partial charge in [0.1, 0.15) is 11.6 Å². The Hall–Kier alpha value is -3.41. The van der Waals surface area contributed by atoms with Crippen LogP contribution in [0, 0.1) is 0 Å². The van der Waals surface area contributed by atoms with Crippen LogP contribution in [0.4, 0.5) is 0 Å². The Morgan fingerprint density at radius 1 is 1.03 bits per heavy atom. The smallest absolute Gasteiger partial charge is 0.329 e. The first kappa shape index (κ1) is 23.3. The Kier molecular flexibility index (Phi) is 7.13. The molecule has 2 unspecified atom stereocenters. The van der Waals surface area contributed by atoms with Crippen LogP contribution in [0.1, 0.15) is 56.8 Å². The van der Waals surface area contributed by atoms with Crippen molar-refractivity contribution in [2.45, 2.75) is 58.2 Å². The predicted molar refractivity (Wildman–Crippen MR) is 123 cm³/mol. The summed E-state index contributed by atoms with van der Waals surface area (Å²) in [4.78, 5) is 39.7. The van der Waals surface area contributed by atoms with Gasteiger partial charge >= 0.3 is 5.97 Å². The molecule has 0 saturated heterocycles. The number of amides is 2. The minimum atomic E-state index is -0.829. The Morgan fingerprint density at radius 3 is 2.34 bits per heavy atom. The second-order valence-electron chi connectivity index (χ2n) is 8.93. The van der Waals surface area contributed by atoms with Gasteiger partial charge in [-0.2, -0.15) is 0 Å². The number of hydrogen-bond acceptors (Lipinski definition) is 4. The maximum Gasteiger partial charge on any atom is 0.329 e. The van der Waals surface area contributed by atoms with E-state index in [4.69, 9.17) is 4.74 Å². The maximum atomic E-state index is 13.1. The molecular weight excluding hydrogens is 404 g/mol. The van der Waals surface area contributed by atoms with Crippen molar-refractivity contribution >= 4 is 23.9 Å². The Labute approximate surface area is 189 Å². The molecule has 0 spiro atoms. The van der Waals surface area contributed by atoms with E-state index in [0.29, 0.717) is 6.42 Å². The molecule has 2 atom stereocenters. The SMILES string of the molecule is CC(=O)N1C=Cc2ccccc2C1CC(=O)NC(Cc1ccccc1)C(=O)OC(C)(C)C. The van der Waals surface area contributed by atoms with E-state index in [1.54, 1.807) is 31.9 Å². The van der Waals surface area contributed by atoms with Gasteiger partial charge in [-0.3, -0.25) is 9.59 Å². The van der Waals surface area contributed by atoms with Crippen LogP contribution in [0.5, 0.6) is 0 Å². The summed E-state index contributed by atoms with van der Waals surface area (Å²) in [6.45, 7) is 6.86. The zero-order chi connectivity index (χ0) is 23.3. The third-order valence-electron chi connectivity index (χ3n) is 5.16. The molecule has 1 heterocycles. The Morgan fingerprint density at radius 2 is 1.69 bits per heavy atom. The normalized spacial score (nSPS) is 16.1. The molecule has 2 aromatic rings. The number of ether oxygens (including phenoxy) is 1. The fourth-order valence-electron chi connectivity index (χ4n) is 3.76. The van der Waals surface area contributed by atoms with Crippen molar-refractivity contribution in [2.75, 3.05) is 0 Å². The average Bonchev–Trinajstić information content (AvgIpc) is 2.73. The highest BCUT2D eigenvalue weighted by Crippen LogP contribution is 2.32. The van der Waals surface area contributed by atoms with E-state index in [2.05, 4.69) is 5.32 Å². The van der Waals surface area contributed by atoms with Gasteiger partial charge < -0.3 is 15.0 Å². The van der Waals surface area contributed by atoms with Gasteiger partial charge in [0.25, 0.3) is 0 Å². The van der Waals surface area contributed by atoms with Gasteiger partial charge in [-0.15, -0.1) is 0 Å². The van der Waals surface area contributed by atoms with Crippen LogP contribution in [0.25, 0.3) is 6.08 Å². The highest BCUT2D eigenvalue weighted by Gasteiger charge is 2.31. The molecule has 2 amide bonds. The van der Waals surface area contributed by atoms with Crippen LogP contribution in [0.15, 0.2) is 60.8 Å². The fourth-order valence-corrected chi connectivity index (χ4v) is 3.76. The molecule has 3 rings (SSSR count). The van der Waals surface area contributed by atoms with Gasteiger partial charge in [0.05, 0.1) is 12.5 Å². The molecule has 0 fully saturated rings. The van der Waals surface area contributed by atoms with Gasteiger partial charge in [0.15, 0.2) is 0 Å². The first-order valence-corrected chi connectivity index (χ1v) is 10.8. The quantitative estimate of drug-likeness (QED) is 0.697. The minimum absolute atomic E-state index is 0.0367. The van der Waals surface area contributed by atoms with Crippen molar-refractivity contribution in [1.29, 1.82) is 0 Å². The molecule has 1 N–H and O–H groups in total. The van der Waals surface area contributed by atoms with Crippen LogP contribution in [0.3, 0.4) is 0 Å². The van der Waals surface area contributed by atoms with Crippen LogP contribution in [0.2, 0.25) is 0 Å². The molecule has 0 aromatic heterocycles. The van der Waals surface area contributed by atoms with Crippen molar-refractivity contribution in [3.05, 3.63) is 77.5 Å². The van der Waals surface area contributed by atoms with Crippen molar-refractivity contribution in [3.8, 4) is 0 Å². The topological polar surface area (TPSA) is 75.7 Å². The van der Waals surface area contributed by atoms with Crippen molar-refractivity contribution < 1.29 is 19.1 Å². The number of carbonyl (C=O) groups excluding carboxylic acids is 3. The lowest BCUT2D eigenvalue weighted by Crippen LogP contribution is -2.46. The lowest BCUT2D eigenvalue weighted by Gasteiger charge is -2.32. The summed E-state index contributed by atoms with van der Waals surface area (Å²) in [5.41, 5.74) is 2.11. The van der Waals surface area contributed by atoms with Gasteiger partial charge in [0, 0.05) is 19.5 Å². The number of rotatable bonds is 6. The van der Waals surface area contributed by atoms with E-state index in [1.165, 1.54) is 6.92 Å². The number of nitrogens with zero attached hydrogens (tertiary/aromatic N) is 1. The van der Waals surface area contributed by atoms with Crippen LogP contribution < -0.4 is 5.32 Å². The van der Waals surface area contributed by atoms with Crippen LogP contribution >= 0.6 is 0 Å². The monoisotopic (exact) mass is 434 g/mol. The Balaban J connectivity index is 1.79. The first-order valence-electron chi connectivity index (χ1n) is 10.8. The summed E-state index contributed by atoms with van der Waals surface area (Å²) in [6.07, 6.45) is 3.93. The molecule has 0 aliphatic carbocycles. The summed E-state index contributed by atoms with van der Waals surface area (Å²) >= 11 is 0. The zero-order valence-corrected chi connectivity index (χ0v) is 19.0. The molecule has 2 aromatic carbocycles. The lowest BCUT2D eigenvalue weighted by atomic mass is 9.93. The van der Waals surface area contributed by atoms with Crippen molar-refractivity contribution in [2.24, 2.45) is 0 Å². The molecule has 6 nitrogen and oxygen atoms in total. The Bertz CT molecular complexity index is 1010. The summed E-state index contributed by atoms with van der Waals surface area (Å²) < 4.78 is 5.55. The lowest BCUT2D eigenvalue weighted by molar-refractivity contribution is -0.158. The molecule has 32 heavy (non-hydrogen) atoms. The largest absolute Gasteiger partial charge is 0.458 e. The number of carbonyl (C=O) groups is 3. The van der Waals surface area contributed by atoms with Crippen LogP contribution in [-0.2, 0) is 25.5 Å². The van der Waals surface area contributed by atoms with Gasteiger partial charge in [0.2, 0.25) is 11.8 Å². The second kappa shape index (κ2) is 9.81. The fraction of sp³-hybridized carbons (Fsp3) is 0.346. The van der Waals surface area contributed by atoms with E-state index in [-0.39, 0.29) is 18.2 Å². The van der Waals surface area contributed by atoms with Gasteiger partial charge in [-0.1, -0.05) is 54.6 Å². The highest BCUT2D eigenvalue weighted by atomic mass is 16.6. The predicted octanol–water partition coefficient (Wildman–Crippen LogP) is 4.02. The molecule has 0 bridgehead atoms. The zero-order valence-electron chi connectivity index (χ0n) is 19.0. The van der Waals surface area contributed by atoms with E-state index in [9.17, 15) is 14.4 Å². The number of hydrogen-bond donors (Lipinski definition) is 1. The number of fused-ring (bicyclic) bond motifs is 1. The molecule has 6 heteroatoms. The first-order chi connectivity index (χ1) is 15.1. The summed E-state index contributed by atoms with van der Waals surface area (Å²) in [6, 6.07) is 15.9. The minimum Gasteiger partial charge on any atom is -0.458 e. The van der Waals surface area contributed by atoms with E-state index < -0.39 is 23.7 Å². The highest BCUT2D eigenvalue weighted by molar-refractivity contribution is 5.86.